The first kappa shape index (κ1) is 19.0. The van der Waals surface area contributed by atoms with E-state index in [1.165, 1.54) is 21.9 Å². The van der Waals surface area contributed by atoms with Crippen molar-refractivity contribution in [2.75, 3.05) is 11.9 Å². The van der Waals surface area contributed by atoms with Crippen LogP contribution in [0.5, 0.6) is 5.75 Å². The third-order valence-electron chi connectivity index (χ3n) is 4.38. The molecule has 0 radical (unpaired) electrons. The summed E-state index contributed by atoms with van der Waals surface area (Å²) in [4.78, 5) is 12.8. The number of hydrogen-bond acceptors (Lipinski definition) is 6. The fraction of sp³-hybridized carbons (Fsp3) is 0.200. The van der Waals surface area contributed by atoms with Crippen molar-refractivity contribution in [3.63, 3.8) is 0 Å². The van der Waals surface area contributed by atoms with E-state index in [1.807, 2.05) is 31.2 Å². The lowest BCUT2D eigenvalue weighted by Gasteiger charge is -2.09. The van der Waals surface area contributed by atoms with E-state index in [0.717, 1.165) is 12.0 Å². The van der Waals surface area contributed by atoms with Gasteiger partial charge >= 0.3 is 0 Å². The quantitative estimate of drug-likeness (QED) is 0.521. The summed E-state index contributed by atoms with van der Waals surface area (Å²) in [5.74, 6) is 0.437. The van der Waals surface area contributed by atoms with Gasteiger partial charge in [-0.2, -0.15) is 4.52 Å². The second-order valence-electron chi connectivity index (χ2n) is 6.39. The number of halogens is 1. The van der Waals surface area contributed by atoms with Crippen LogP contribution in [0.15, 0.2) is 42.5 Å². The van der Waals surface area contributed by atoms with E-state index in [1.54, 1.807) is 19.1 Å². The first-order valence-electron chi connectivity index (χ1n) is 9.04. The Bertz CT molecular complexity index is 1190. The average Bonchev–Trinajstić information content (AvgIpc) is 3.29. The number of aryl methyl sites for hydroxylation is 2. The molecule has 0 atom stereocenters. The molecule has 2 aromatic heterocycles. The van der Waals surface area contributed by atoms with Crippen molar-refractivity contribution in [2.45, 2.75) is 20.3 Å². The van der Waals surface area contributed by atoms with Gasteiger partial charge in [0.25, 0.3) is 5.91 Å². The van der Waals surface area contributed by atoms with E-state index < -0.39 is 0 Å². The van der Waals surface area contributed by atoms with Crippen molar-refractivity contribution in [2.24, 2.45) is 0 Å². The van der Waals surface area contributed by atoms with Crippen molar-refractivity contribution in [3.05, 3.63) is 59.4 Å². The van der Waals surface area contributed by atoms with Crippen LogP contribution in [0, 0.1) is 12.7 Å². The first-order chi connectivity index (χ1) is 14.0. The molecule has 2 aromatic carbocycles. The van der Waals surface area contributed by atoms with E-state index in [9.17, 15) is 9.18 Å². The number of carbonyl (C=O) groups is 1. The minimum atomic E-state index is -0.330. The van der Waals surface area contributed by atoms with Gasteiger partial charge in [-0.05, 0) is 36.6 Å². The minimum Gasteiger partial charge on any atom is -0.483 e. The van der Waals surface area contributed by atoms with E-state index in [-0.39, 0.29) is 18.3 Å². The van der Waals surface area contributed by atoms with Crippen LogP contribution in [-0.4, -0.2) is 32.3 Å². The zero-order chi connectivity index (χ0) is 20.4. The topological polar surface area (TPSA) is 81.4 Å². The Morgan fingerprint density at radius 3 is 2.86 bits per heavy atom. The van der Waals surface area contributed by atoms with Gasteiger partial charge in [0.15, 0.2) is 12.4 Å². The highest BCUT2D eigenvalue weighted by Gasteiger charge is 2.16. The van der Waals surface area contributed by atoms with Gasteiger partial charge in [-0.3, -0.25) is 10.1 Å². The van der Waals surface area contributed by atoms with Gasteiger partial charge in [-0.1, -0.05) is 48.6 Å². The van der Waals surface area contributed by atoms with Crippen LogP contribution in [0.2, 0.25) is 0 Å². The number of ether oxygens (including phenoxy) is 1. The fourth-order valence-electron chi connectivity index (χ4n) is 2.81. The Morgan fingerprint density at radius 1 is 1.24 bits per heavy atom. The zero-order valence-electron chi connectivity index (χ0n) is 15.8. The molecule has 9 heteroatoms. The highest BCUT2D eigenvalue weighted by molar-refractivity contribution is 7.20. The molecule has 7 nitrogen and oxygen atoms in total. The smallest absolute Gasteiger partial charge is 0.264 e. The molecule has 0 saturated heterocycles. The number of anilines is 1. The second kappa shape index (κ2) is 7.96. The number of amides is 1. The molecule has 2 heterocycles. The Hall–Kier alpha value is -3.33. The summed E-state index contributed by atoms with van der Waals surface area (Å²) >= 11 is 1.17. The molecular formula is C20H18FN5O2S. The number of hydrogen-bond donors (Lipinski definition) is 1. The molecule has 0 spiro atoms. The van der Waals surface area contributed by atoms with E-state index in [2.05, 4.69) is 20.6 Å². The van der Waals surface area contributed by atoms with E-state index >= 15 is 0 Å². The summed E-state index contributed by atoms with van der Waals surface area (Å²) in [5, 5.41) is 15.5. The number of carbonyl (C=O) groups excluding carboxylic acids is 1. The van der Waals surface area contributed by atoms with Crippen molar-refractivity contribution in [3.8, 4) is 17.1 Å². The van der Waals surface area contributed by atoms with Crippen molar-refractivity contribution < 1.29 is 13.9 Å². The van der Waals surface area contributed by atoms with Crippen LogP contribution in [-0.2, 0) is 11.2 Å². The van der Waals surface area contributed by atoms with Gasteiger partial charge < -0.3 is 4.74 Å². The lowest BCUT2D eigenvalue weighted by Crippen LogP contribution is -2.20. The van der Waals surface area contributed by atoms with Crippen molar-refractivity contribution in [1.82, 2.24) is 19.8 Å². The predicted octanol–water partition coefficient (Wildman–Crippen LogP) is 3.88. The number of aromatic nitrogens is 4. The molecular weight excluding hydrogens is 393 g/mol. The third kappa shape index (κ3) is 3.95. The Morgan fingerprint density at radius 2 is 2.07 bits per heavy atom. The Kier molecular flexibility index (Phi) is 5.22. The maximum atomic E-state index is 13.9. The molecule has 0 bridgehead atoms. The first-order valence-corrected chi connectivity index (χ1v) is 9.86. The molecule has 4 aromatic rings. The minimum absolute atomic E-state index is 0.132. The summed E-state index contributed by atoms with van der Waals surface area (Å²) in [5.41, 5.74) is 2.14. The fourth-order valence-corrected chi connectivity index (χ4v) is 3.57. The maximum absolute atomic E-state index is 13.9. The Labute approximate surface area is 170 Å². The average molecular weight is 411 g/mol. The number of nitrogens with zero attached hydrogens (tertiary/aromatic N) is 4. The number of rotatable bonds is 6. The SMILES string of the molecule is CCc1ccccc1OCC(=O)Nc1nn2c(-c3ccc(C)c(F)c3)nnc2s1. The van der Waals surface area contributed by atoms with Gasteiger partial charge in [0, 0.05) is 5.56 Å². The van der Waals surface area contributed by atoms with Gasteiger partial charge in [0.1, 0.15) is 11.6 Å². The lowest BCUT2D eigenvalue weighted by molar-refractivity contribution is -0.118. The predicted molar refractivity (Wildman–Crippen MR) is 109 cm³/mol. The van der Waals surface area contributed by atoms with Crippen LogP contribution >= 0.6 is 11.3 Å². The number of fused-ring (bicyclic) bond motifs is 1. The largest absolute Gasteiger partial charge is 0.483 e. The van der Waals surface area contributed by atoms with Crippen LogP contribution in [0.3, 0.4) is 0 Å². The summed E-state index contributed by atoms with van der Waals surface area (Å²) in [6.07, 6.45) is 0.816. The number of benzene rings is 2. The molecule has 148 valence electrons. The van der Waals surface area contributed by atoms with Crippen LogP contribution < -0.4 is 10.1 Å². The van der Waals surface area contributed by atoms with Crippen LogP contribution in [0.1, 0.15) is 18.1 Å². The summed E-state index contributed by atoms with van der Waals surface area (Å²) in [6, 6.07) is 12.4. The molecule has 0 aliphatic carbocycles. The van der Waals surface area contributed by atoms with Crippen LogP contribution in [0.4, 0.5) is 9.52 Å². The summed E-state index contributed by atoms with van der Waals surface area (Å²) in [7, 11) is 0. The highest BCUT2D eigenvalue weighted by Crippen LogP contribution is 2.25. The second-order valence-corrected chi connectivity index (χ2v) is 7.34. The number of nitrogens with one attached hydrogen (secondary N) is 1. The molecule has 0 fully saturated rings. The highest BCUT2D eigenvalue weighted by atomic mass is 32.1. The molecule has 1 N–H and O–H groups in total. The third-order valence-corrected chi connectivity index (χ3v) is 5.19. The number of para-hydroxylation sites is 1. The monoisotopic (exact) mass is 411 g/mol. The summed E-state index contributed by atoms with van der Waals surface area (Å²) < 4.78 is 21.0. The normalized spacial score (nSPS) is 11.0. The van der Waals surface area contributed by atoms with Gasteiger partial charge in [-0.25, -0.2) is 4.39 Å². The van der Waals surface area contributed by atoms with E-state index in [4.69, 9.17) is 4.74 Å². The van der Waals surface area contributed by atoms with Gasteiger partial charge in [0.2, 0.25) is 10.1 Å². The van der Waals surface area contributed by atoms with E-state index in [0.29, 0.717) is 32.8 Å². The van der Waals surface area contributed by atoms with Crippen LogP contribution in [0.25, 0.3) is 16.3 Å². The molecule has 0 aliphatic rings. The molecule has 0 saturated carbocycles. The van der Waals surface area contributed by atoms with Crippen molar-refractivity contribution in [1.29, 1.82) is 0 Å². The zero-order valence-corrected chi connectivity index (χ0v) is 16.7. The standard InChI is InChI=1S/C20H18FN5O2S/c1-3-13-6-4-5-7-16(13)28-11-17(27)22-19-25-26-18(23-24-20(26)29-19)14-9-8-12(2)15(21)10-14/h4-10H,3,11H2,1-2H3,(H,22,25,27). The molecule has 1 amide bonds. The summed E-state index contributed by atoms with van der Waals surface area (Å²) in [6.45, 7) is 3.59. The molecule has 4 rings (SSSR count). The maximum Gasteiger partial charge on any atom is 0.264 e. The molecule has 0 aliphatic heterocycles. The Balaban J connectivity index is 1.48. The van der Waals surface area contributed by atoms with Crippen molar-refractivity contribution >= 4 is 27.3 Å². The van der Waals surface area contributed by atoms with Gasteiger partial charge in [0.05, 0.1) is 0 Å². The molecule has 29 heavy (non-hydrogen) atoms. The van der Waals surface area contributed by atoms with Gasteiger partial charge in [-0.15, -0.1) is 15.3 Å². The lowest BCUT2D eigenvalue weighted by atomic mass is 10.1. The molecule has 0 unspecified atom stereocenters.